The average molecular weight is 463 g/mol. The third kappa shape index (κ3) is 4.85. The molecular formula is C26H27FN4O3. The summed E-state index contributed by atoms with van der Waals surface area (Å²) in [6.45, 7) is 10.1. The summed E-state index contributed by atoms with van der Waals surface area (Å²) in [4.78, 5) is 13.1. The molecule has 2 aromatic carbocycles. The van der Waals surface area contributed by atoms with Gasteiger partial charge in [0.05, 0.1) is 29.2 Å². The fourth-order valence-corrected chi connectivity index (χ4v) is 3.82. The zero-order chi connectivity index (χ0) is 24.4. The Balaban J connectivity index is 1.51. The van der Waals surface area contributed by atoms with Crippen LogP contribution in [0.25, 0.3) is 0 Å². The first-order chi connectivity index (χ1) is 16.2. The third-order valence-electron chi connectivity index (χ3n) is 5.77. The molecule has 1 amide bonds. The van der Waals surface area contributed by atoms with E-state index in [0.717, 1.165) is 28.1 Å². The number of ether oxygens (including phenoxy) is 1. The molecule has 1 N–H and O–H groups in total. The quantitative estimate of drug-likeness (QED) is 0.396. The minimum Gasteiger partial charge on any atom is -0.488 e. The number of nitrogens with one attached hydrogen (secondary N) is 1. The SMILES string of the molecule is Cc1ccc(OCc2c(C(=O)Nc3c(C)nn(Cc4ccc(F)cc4)c3C)noc2C)c(C)c1. The molecule has 4 aromatic rings. The van der Waals surface area contributed by atoms with Gasteiger partial charge in [-0.3, -0.25) is 9.48 Å². The van der Waals surface area contributed by atoms with E-state index in [4.69, 9.17) is 9.26 Å². The minimum atomic E-state index is -0.399. The first kappa shape index (κ1) is 23.2. The fourth-order valence-electron chi connectivity index (χ4n) is 3.82. The molecule has 0 aliphatic heterocycles. The Kier molecular flexibility index (Phi) is 6.49. The summed E-state index contributed by atoms with van der Waals surface area (Å²) < 4.78 is 26.2. The van der Waals surface area contributed by atoms with Crippen LogP contribution in [-0.2, 0) is 13.2 Å². The van der Waals surface area contributed by atoms with Crippen molar-refractivity contribution in [2.75, 3.05) is 5.32 Å². The van der Waals surface area contributed by atoms with Crippen molar-refractivity contribution in [3.8, 4) is 5.75 Å². The maximum absolute atomic E-state index is 13.2. The highest BCUT2D eigenvalue weighted by Crippen LogP contribution is 2.25. The highest BCUT2D eigenvalue weighted by atomic mass is 19.1. The van der Waals surface area contributed by atoms with E-state index >= 15 is 0 Å². The summed E-state index contributed by atoms with van der Waals surface area (Å²) in [5.74, 6) is 0.579. The zero-order valence-electron chi connectivity index (χ0n) is 19.9. The predicted molar refractivity (Wildman–Crippen MR) is 127 cm³/mol. The van der Waals surface area contributed by atoms with E-state index < -0.39 is 5.91 Å². The van der Waals surface area contributed by atoms with Crippen LogP contribution in [0.2, 0.25) is 0 Å². The number of anilines is 1. The number of amides is 1. The van der Waals surface area contributed by atoms with E-state index in [1.807, 2.05) is 45.9 Å². The molecule has 2 aromatic heterocycles. The van der Waals surface area contributed by atoms with Crippen molar-refractivity contribution < 1.29 is 18.4 Å². The van der Waals surface area contributed by atoms with Crippen LogP contribution in [0, 0.1) is 40.4 Å². The van der Waals surface area contributed by atoms with Crippen LogP contribution in [0.15, 0.2) is 47.0 Å². The molecule has 0 saturated heterocycles. The number of hydrogen-bond donors (Lipinski definition) is 1. The van der Waals surface area contributed by atoms with Crippen LogP contribution in [0.5, 0.6) is 5.75 Å². The van der Waals surface area contributed by atoms with Crippen LogP contribution in [0.1, 0.15) is 49.9 Å². The summed E-state index contributed by atoms with van der Waals surface area (Å²) >= 11 is 0. The molecule has 0 spiro atoms. The first-order valence-electron chi connectivity index (χ1n) is 11.0. The molecule has 0 bridgehead atoms. The molecule has 0 aliphatic rings. The lowest BCUT2D eigenvalue weighted by Crippen LogP contribution is -2.16. The predicted octanol–water partition coefficient (Wildman–Crippen LogP) is 5.43. The topological polar surface area (TPSA) is 82.2 Å². The van der Waals surface area contributed by atoms with Crippen molar-refractivity contribution in [3.63, 3.8) is 0 Å². The molecule has 7 nitrogen and oxygen atoms in total. The number of benzene rings is 2. The van der Waals surface area contributed by atoms with Crippen LogP contribution in [-0.4, -0.2) is 20.8 Å². The first-order valence-corrected chi connectivity index (χ1v) is 11.0. The average Bonchev–Trinajstić information content (AvgIpc) is 3.29. The van der Waals surface area contributed by atoms with Crippen molar-refractivity contribution in [2.24, 2.45) is 0 Å². The number of aryl methyl sites for hydroxylation is 4. The van der Waals surface area contributed by atoms with Gasteiger partial charge in [-0.05, 0) is 63.9 Å². The molecule has 2 heterocycles. The number of hydrogen-bond acceptors (Lipinski definition) is 5. The number of halogens is 1. The van der Waals surface area contributed by atoms with E-state index in [2.05, 4.69) is 15.6 Å². The summed E-state index contributed by atoms with van der Waals surface area (Å²) in [7, 11) is 0. The highest BCUT2D eigenvalue weighted by Gasteiger charge is 2.23. The van der Waals surface area contributed by atoms with E-state index in [1.165, 1.54) is 12.1 Å². The molecule has 0 saturated carbocycles. The molecule has 0 fully saturated rings. The second kappa shape index (κ2) is 9.51. The molecule has 176 valence electrons. The number of rotatable bonds is 7. The second-order valence-electron chi connectivity index (χ2n) is 8.41. The highest BCUT2D eigenvalue weighted by molar-refractivity contribution is 6.04. The van der Waals surface area contributed by atoms with Gasteiger partial charge < -0.3 is 14.6 Å². The Morgan fingerprint density at radius 3 is 2.53 bits per heavy atom. The van der Waals surface area contributed by atoms with Gasteiger partial charge in [0, 0.05) is 0 Å². The second-order valence-corrected chi connectivity index (χ2v) is 8.41. The molecule has 0 aliphatic carbocycles. The monoisotopic (exact) mass is 462 g/mol. The van der Waals surface area contributed by atoms with Gasteiger partial charge in [0.25, 0.3) is 5.91 Å². The van der Waals surface area contributed by atoms with Crippen molar-refractivity contribution in [1.82, 2.24) is 14.9 Å². The van der Waals surface area contributed by atoms with Crippen LogP contribution in [0.3, 0.4) is 0 Å². The molecule has 0 radical (unpaired) electrons. The summed E-state index contributed by atoms with van der Waals surface area (Å²) in [6, 6.07) is 12.2. The lowest BCUT2D eigenvalue weighted by Gasteiger charge is -2.10. The lowest BCUT2D eigenvalue weighted by molar-refractivity contribution is 0.101. The minimum absolute atomic E-state index is 0.157. The van der Waals surface area contributed by atoms with Gasteiger partial charge in [-0.1, -0.05) is 35.0 Å². The van der Waals surface area contributed by atoms with Crippen LogP contribution < -0.4 is 10.1 Å². The molecule has 0 atom stereocenters. The number of nitrogens with zero attached hydrogens (tertiary/aromatic N) is 3. The maximum atomic E-state index is 13.2. The van der Waals surface area contributed by atoms with Gasteiger partial charge in [-0.2, -0.15) is 5.10 Å². The Bertz CT molecular complexity index is 1340. The van der Waals surface area contributed by atoms with Crippen molar-refractivity contribution in [2.45, 2.75) is 47.8 Å². The zero-order valence-corrected chi connectivity index (χ0v) is 19.9. The molecular weight excluding hydrogens is 435 g/mol. The Morgan fingerprint density at radius 1 is 1.09 bits per heavy atom. The van der Waals surface area contributed by atoms with Crippen LogP contribution in [0.4, 0.5) is 10.1 Å². The standard InChI is InChI=1S/C26H27FN4O3/c1-15-6-11-23(16(2)12-15)33-14-22-19(5)34-30-25(22)26(32)28-24-17(3)29-31(18(24)4)13-20-7-9-21(27)10-8-20/h6-12H,13-14H2,1-5H3,(H,28,32). The molecule has 4 rings (SSSR count). The van der Waals surface area contributed by atoms with Crippen molar-refractivity contribution in [3.05, 3.63) is 93.4 Å². The lowest BCUT2D eigenvalue weighted by atomic mass is 10.1. The molecule has 0 unspecified atom stereocenters. The molecule has 34 heavy (non-hydrogen) atoms. The number of aromatic nitrogens is 3. The fraction of sp³-hybridized carbons (Fsp3) is 0.269. The van der Waals surface area contributed by atoms with Crippen molar-refractivity contribution in [1.29, 1.82) is 0 Å². The van der Waals surface area contributed by atoms with E-state index in [9.17, 15) is 9.18 Å². The Morgan fingerprint density at radius 2 is 1.82 bits per heavy atom. The van der Waals surface area contributed by atoms with E-state index in [1.54, 1.807) is 23.7 Å². The number of carbonyl (C=O) groups is 1. The van der Waals surface area contributed by atoms with E-state index in [0.29, 0.717) is 29.2 Å². The molecule has 8 heteroatoms. The third-order valence-corrected chi connectivity index (χ3v) is 5.77. The van der Waals surface area contributed by atoms with Gasteiger partial charge in [-0.15, -0.1) is 0 Å². The van der Waals surface area contributed by atoms with Gasteiger partial charge in [0.1, 0.15) is 23.9 Å². The van der Waals surface area contributed by atoms with Crippen molar-refractivity contribution >= 4 is 11.6 Å². The largest absolute Gasteiger partial charge is 0.488 e. The van der Waals surface area contributed by atoms with Crippen LogP contribution >= 0.6 is 0 Å². The smallest absolute Gasteiger partial charge is 0.278 e. The van der Waals surface area contributed by atoms with E-state index in [-0.39, 0.29) is 18.1 Å². The van der Waals surface area contributed by atoms with Gasteiger partial charge >= 0.3 is 0 Å². The van der Waals surface area contributed by atoms with Gasteiger partial charge in [-0.25, -0.2) is 4.39 Å². The maximum Gasteiger partial charge on any atom is 0.278 e. The Hall–Kier alpha value is -3.94. The van der Waals surface area contributed by atoms with Gasteiger partial charge in [0.2, 0.25) is 0 Å². The Labute approximate surface area is 197 Å². The summed E-state index contributed by atoms with van der Waals surface area (Å²) in [6.07, 6.45) is 0. The summed E-state index contributed by atoms with van der Waals surface area (Å²) in [5.41, 5.74) is 5.89. The normalized spacial score (nSPS) is 11.0. The summed E-state index contributed by atoms with van der Waals surface area (Å²) in [5, 5.41) is 11.4. The van der Waals surface area contributed by atoms with Gasteiger partial charge in [0.15, 0.2) is 5.69 Å². The number of carbonyl (C=O) groups excluding carboxylic acids is 1.